The third kappa shape index (κ3) is 2.89. The fourth-order valence-electron chi connectivity index (χ4n) is 2.80. The maximum atomic E-state index is 13.8. The van der Waals surface area contributed by atoms with Gasteiger partial charge in [-0.05, 0) is 36.8 Å². The van der Waals surface area contributed by atoms with Crippen molar-refractivity contribution in [2.75, 3.05) is 0 Å². The molecule has 1 saturated carbocycles. The second-order valence-electron chi connectivity index (χ2n) is 5.11. The molecule has 1 aliphatic carbocycles. The number of aliphatic hydroxyl groups excluding tert-OH is 1. The van der Waals surface area contributed by atoms with Crippen molar-refractivity contribution >= 4 is 15.9 Å². The summed E-state index contributed by atoms with van der Waals surface area (Å²) in [6, 6.07) is 4.85. The van der Waals surface area contributed by atoms with E-state index in [9.17, 15) is 9.50 Å². The van der Waals surface area contributed by atoms with Gasteiger partial charge in [0.05, 0.1) is 6.10 Å². The lowest BCUT2D eigenvalue weighted by Gasteiger charge is -2.31. The lowest BCUT2D eigenvalue weighted by atomic mass is 9.78. The maximum absolute atomic E-state index is 13.8. The lowest BCUT2D eigenvalue weighted by Crippen LogP contribution is -2.21. The Labute approximate surface area is 110 Å². The molecule has 1 aromatic rings. The zero-order valence-corrected chi connectivity index (χ0v) is 11.6. The molecule has 0 saturated heterocycles. The van der Waals surface area contributed by atoms with Crippen molar-refractivity contribution in [2.24, 2.45) is 11.8 Å². The predicted molar refractivity (Wildman–Crippen MR) is 70.2 cm³/mol. The van der Waals surface area contributed by atoms with E-state index in [0.717, 1.165) is 19.3 Å². The topological polar surface area (TPSA) is 20.2 Å². The van der Waals surface area contributed by atoms with Crippen LogP contribution in [0.15, 0.2) is 22.7 Å². The van der Waals surface area contributed by atoms with Crippen LogP contribution in [-0.4, -0.2) is 5.11 Å². The van der Waals surface area contributed by atoms with Crippen molar-refractivity contribution in [1.82, 2.24) is 0 Å². The Bertz CT molecular complexity index is 374. The van der Waals surface area contributed by atoms with E-state index in [4.69, 9.17) is 0 Å². The molecule has 3 unspecified atom stereocenters. The first-order valence-electron chi connectivity index (χ1n) is 6.21. The summed E-state index contributed by atoms with van der Waals surface area (Å²) in [6.45, 7) is 2.20. The largest absolute Gasteiger partial charge is 0.388 e. The summed E-state index contributed by atoms with van der Waals surface area (Å²) in [5.41, 5.74) is 0.423. The Kier molecular flexibility index (Phi) is 4.21. The van der Waals surface area contributed by atoms with Gasteiger partial charge in [0.2, 0.25) is 0 Å². The van der Waals surface area contributed by atoms with Crippen LogP contribution in [0.25, 0.3) is 0 Å². The molecular weight excluding hydrogens is 283 g/mol. The zero-order chi connectivity index (χ0) is 12.4. The highest BCUT2D eigenvalue weighted by Crippen LogP contribution is 2.39. The first-order valence-corrected chi connectivity index (χ1v) is 7.01. The van der Waals surface area contributed by atoms with E-state index >= 15 is 0 Å². The van der Waals surface area contributed by atoms with Gasteiger partial charge < -0.3 is 5.11 Å². The van der Waals surface area contributed by atoms with Crippen molar-refractivity contribution in [3.63, 3.8) is 0 Å². The SMILES string of the molecule is CC1CCCC(C(O)c2c(F)cccc2Br)C1. The maximum Gasteiger partial charge on any atom is 0.130 e. The van der Waals surface area contributed by atoms with Crippen molar-refractivity contribution in [3.05, 3.63) is 34.1 Å². The van der Waals surface area contributed by atoms with E-state index < -0.39 is 6.10 Å². The highest BCUT2D eigenvalue weighted by molar-refractivity contribution is 9.10. The Balaban J connectivity index is 2.21. The quantitative estimate of drug-likeness (QED) is 0.855. The van der Waals surface area contributed by atoms with Crippen molar-refractivity contribution in [1.29, 1.82) is 0 Å². The normalized spacial score (nSPS) is 26.8. The van der Waals surface area contributed by atoms with Gasteiger partial charge in [0.25, 0.3) is 0 Å². The van der Waals surface area contributed by atoms with Crippen LogP contribution in [0.4, 0.5) is 4.39 Å². The summed E-state index contributed by atoms with van der Waals surface area (Å²) >= 11 is 3.33. The molecule has 1 nitrogen and oxygen atoms in total. The third-order valence-corrected chi connectivity index (χ3v) is 4.41. The second-order valence-corrected chi connectivity index (χ2v) is 5.97. The van der Waals surface area contributed by atoms with Crippen LogP contribution >= 0.6 is 15.9 Å². The van der Waals surface area contributed by atoms with Gasteiger partial charge in [0.15, 0.2) is 0 Å². The number of hydrogen-bond acceptors (Lipinski definition) is 1. The van der Waals surface area contributed by atoms with Gasteiger partial charge in [-0.2, -0.15) is 0 Å². The highest BCUT2D eigenvalue weighted by Gasteiger charge is 2.29. The fourth-order valence-corrected chi connectivity index (χ4v) is 3.37. The Morgan fingerprint density at radius 2 is 2.18 bits per heavy atom. The minimum absolute atomic E-state index is 0.187. The molecule has 1 aromatic carbocycles. The van der Waals surface area contributed by atoms with Crippen LogP contribution in [0.3, 0.4) is 0 Å². The minimum Gasteiger partial charge on any atom is -0.388 e. The molecule has 0 aliphatic heterocycles. The van der Waals surface area contributed by atoms with E-state index in [-0.39, 0.29) is 11.7 Å². The third-order valence-electron chi connectivity index (χ3n) is 3.72. The van der Waals surface area contributed by atoms with Crippen LogP contribution < -0.4 is 0 Å². The van der Waals surface area contributed by atoms with E-state index in [1.165, 1.54) is 12.5 Å². The van der Waals surface area contributed by atoms with Crippen LogP contribution in [0, 0.1) is 17.7 Å². The van der Waals surface area contributed by atoms with Gasteiger partial charge >= 0.3 is 0 Å². The van der Waals surface area contributed by atoms with E-state index in [1.807, 2.05) is 0 Å². The number of hydrogen-bond donors (Lipinski definition) is 1. The summed E-state index contributed by atoms with van der Waals surface area (Å²) in [5, 5.41) is 10.4. The van der Waals surface area contributed by atoms with Gasteiger partial charge in [-0.1, -0.05) is 41.8 Å². The molecular formula is C14H18BrFO. The summed E-state index contributed by atoms with van der Waals surface area (Å²) in [6.07, 6.45) is 3.65. The number of rotatable bonds is 2. The molecule has 17 heavy (non-hydrogen) atoms. The van der Waals surface area contributed by atoms with Crippen molar-refractivity contribution in [2.45, 2.75) is 38.7 Å². The number of aliphatic hydroxyl groups is 1. The average molecular weight is 301 g/mol. The predicted octanol–water partition coefficient (Wildman–Crippen LogP) is 4.45. The van der Waals surface area contributed by atoms with Crippen LogP contribution in [-0.2, 0) is 0 Å². The smallest absolute Gasteiger partial charge is 0.130 e. The molecule has 0 bridgehead atoms. The van der Waals surface area contributed by atoms with Crippen molar-refractivity contribution in [3.8, 4) is 0 Å². The Hall–Kier alpha value is -0.410. The molecule has 1 aliphatic rings. The molecule has 0 aromatic heterocycles. The van der Waals surface area contributed by atoms with Gasteiger partial charge in [0.1, 0.15) is 5.82 Å². The van der Waals surface area contributed by atoms with Crippen LogP contribution in [0.1, 0.15) is 44.3 Å². The highest BCUT2D eigenvalue weighted by atomic mass is 79.9. The molecule has 3 atom stereocenters. The van der Waals surface area contributed by atoms with Gasteiger partial charge in [0, 0.05) is 10.0 Å². The van der Waals surface area contributed by atoms with Crippen LogP contribution in [0.2, 0.25) is 0 Å². The minimum atomic E-state index is -0.687. The summed E-state index contributed by atoms with van der Waals surface area (Å²) in [7, 11) is 0. The van der Waals surface area contributed by atoms with Gasteiger partial charge in [-0.15, -0.1) is 0 Å². The number of halogens is 2. The number of benzene rings is 1. The molecule has 0 heterocycles. The molecule has 3 heteroatoms. The fraction of sp³-hybridized carbons (Fsp3) is 0.571. The first-order chi connectivity index (χ1) is 8.09. The van der Waals surface area contributed by atoms with Gasteiger partial charge in [-0.3, -0.25) is 0 Å². The van der Waals surface area contributed by atoms with E-state index in [1.54, 1.807) is 12.1 Å². The molecule has 0 spiro atoms. The van der Waals surface area contributed by atoms with Crippen LogP contribution in [0.5, 0.6) is 0 Å². The Morgan fingerprint density at radius 1 is 1.41 bits per heavy atom. The summed E-state index contributed by atoms with van der Waals surface area (Å²) < 4.78 is 14.4. The van der Waals surface area contributed by atoms with E-state index in [2.05, 4.69) is 22.9 Å². The molecule has 94 valence electrons. The summed E-state index contributed by atoms with van der Waals surface area (Å²) in [5.74, 6) is 0.506. The Morgan fingerprint density at radius 3 is 2.82 bits per heavy atom. The first kappa shape index (κ1) is 13.0. The lowest BCUT2D eigenvalue weighted by molar-refractivity contribution is 0.0679. The summed E-state index contributed by atoms with van der Waals surface area (Å²) in [4.78, 5) is 0. The average Bonchev–Trinajstić information content (AvgIpc) is 2.28. The van der Waals surface area contributed by atoms with E-state index in [0.29, 0.717) is 16.0 Å². The monoisotopic (exact) mass is 300 g/mol. The molecule has 2 rings (SSSR count). The van der Waals surface area contributed by atoms with Gasteiger partial charge in [-0.25, -0.2) is 4.39 Å². The second kappa shape index (κ2) is 5.49. The molecule has 1 N–H and O–H groups in total. The molecule has 0 amide bonds. The zero-order valence-electron chi connectivity index (χ0n) is 10.00. The molecule has 0 radical (unpaired) electrons. The molecule has 1 fully saturated rings. The van der Waals surface area contributed by atoms with Crippen molar-refractivity contribution < 1.29 is 9.50 Å². The standard InChI is InChI=1S/C14H18BrFO/c1-9-4-2-5-10(8-9)14(17)13-11(15)6-3-7-12(13)16/h3,6-7,9-10,14,17H,2,4-5,8H2,1H3.